The summed E-state index contributed by atoms with van der Waals surface area (Å²) in [6.45, 7) is 5.19. The lowest BCUT2D eigenvalue weighted by Gasteiger charge is -2.28. The van der Waals surface area contributed by atoms with Crippen LogP contribution < -0.4 is 20.7 Å². The number of rotatable bonds is 7. The van der Waals surface area contributed by atoms with Crippen molar-refractivity contribution in [1.82, 2.24) is 10.6 Å². The highest BCUT2D eigenvalue weighted by Gasteiger charge is 2.35. The van der Waals surface area contributed by atoms with E-state index in [4.69, 9.17) is 51.8 Å². The number of thiocarbonyl (C=S) groups is 1. The first kappa shape index (κ1) is 26.2. The number of sulfone groups is 1. The molecule has 172 valence electrons. The molecular formula is C20H20Cl3N3O4S2. The number of nitrogens with one attached hydrogen (secondary N) is 3. The van der Waals surface area contributed by atoms with Gasteiger partial charge in [0.15, 0.2) is 14.9 Å². The highest BCUT2D eigenvalue weighted by molar-refractivity contribution is 7.94. The molecule has 2 aromatic carbocycles. The van der Waals surface area contributed by atoms with Gasteiger partial charge in [-0.25, -0.2) is 8.42 Å². The van der Waals surface area contributed by atoms with Crippen LogP contribution >= 0.6 is 47.0 Å². The Morgan fingerprint density at radius 1 is 1.16 bits per heavy atom. The summed E-state index contributed by atoms with van der Waals surface area (Å²) in [5.74, 6) is -0.278. The molecule has 2 rings (SSSR count). The Morgan fingerprint density at radius 3 is 2.31 bits per heavy atom. The molecule has 0 bridgehead atoms. The minimum Gasteiger partial charge on any atom is -0.495 e. The van der Waals surface area contributed by atoms with Gasteiger partial charge in [-0.3, -0.25) is 4.79 Å². The van der Waals surface area contributed by atoms with E-state index in [1.165, 1.54) is 25.3 Å². The molecule has 32 heavy (non-hydrogen) atoms. The molecule has 0 saturated carbocycles. The minimum absolute atomic E-state index is 0.00157. The van der Waals surface area contributed by atoms with Gasteiger partial charge in [-0.1, -0.05) is 59.1 Å². The lowest BCUT2D eigenvalue weighted by atomic mass is 10.1. The van der Waals surface area contributed by atoms with Crippen LogP contribution in [0.15, 0.2) is 59.3 Å². The first-order chi connectivity index (χ1) is 14.9. The number of aryl methyl sites for hydroxylation is 1. The highest BCUT2D eigenvalue weighted by Crippen LogP contribution is 2.31. The molecule has 1 atom stereocenters. The Morgan fingerprint density at radius 2 is 1.78 bits per heavy atom. The summed E-state index contributed by atoms with van der Waals surface area (Å²) in [6.07, 6.45) is -1.19. The van der Waals surface area contributed by atoms with E-state index in [-0.39, 0.29) is 15.8 Å². The van der Waals surface area contributed by atoms with E-state index in [2.05, 4.69) is 22.5 Å². The van der Waals surface area contributed by atoms with E-state index in [1.54, 1.807) is 24.3 Å². The molecule has 0 radical (unpaired) electrons. The van der Waals surface area contributed by atoms with Gasteiger partial charge in [0.2, 0.25) is 3.79 Å². The first-order valence-electron chi connectivity index (χ1n) is 8.94. The van der Waals surface area contributed by atoms with Crippen LogP contribution in [0.2, 0.25) is 0 Å². The van der Waals surface area contributed by atoms with Crippen molar-refractivity contribution in [3.8, 4) is 5.75 Å². The molecule has 0 fully saturated rings. The van der Waals surface area contributed by atoms with Crippen LogP contribution in [0.4, 0.5) is 5.69 Å². The van der Waals surface area contributed by atoms with Crippen molar-refractivity contribution in [1.29, 1.82) is 0 Å². The number of amides is 1. The Balaban J connectivity index is 2.18. The lowest BCUT2D eigenvalue weighted by Crippen LogP contribution is -2.56. The molecule has 1 unspecified atom stereocenters. The van der Waals surface area contributed by atoms with Gasteiger partial charge in [0.1, 0.15) is 11.9 Å². The molecule has 7 nitrogen and oxygen atoms in total. The van der Waals surface area contributed by atoms with Crippen LogP contribution in [0, 0.1) is 6.92 Å². The van der Waals surface area contributed by atoms with Crippen molar-refractivity contribution in [2.24, 2.45) is 0 Å². The molecule has 3 N–H and O–H groups in total. The molecule has 12 heteroatoms. The van der Waals surface area contributed by atoms with Gasteiger partial charge in [0.05, 0.1) is 17.7 Å². The monoisotopic (exact) mass is 535 g/mol. The van der Waals surface area contributed by atoms with Crippen LogP contribution in [0.1, 0.15) is 15.9 Å². The molecule has 0 spiro atoms. The average molecular weight is 537 g/mol. The predicted octanol–water partition coefficient (Wildman–Crippen LogP) is 4.33. The van der Waals surface area contributed by atoms with Crippen LogP contribution in [-0.4, -0.2) is 36.5 Å². The summed E-state index contributed by atoms with van der Waals surface area (Å²) < 4.78 is 27.2. The largest absolute Gasteiger partial charge is 0.495 e. The van der Waals surface area contributed by atoms with Gasteiger partial charge in [-0.05, 0) is 43.4 Å². The SMILES string of the molecule is C=CS(=O)(=O)c1ccc(NC(=S)NC(NC(=O)c2ccc(C)cc2)C(Cl)(Cl)Cl)c(OC)c1. The maximum Gasteiger partial charge on any atom is 0.252 e. The van der Waals surface area contributed by atoms with Gasteiger partial charge < -0.3 is 20.7 Å². The average Bonchev–Trinajstić information content (AvgIpc) is 2.73. The molecule has 2 aromatic rings. The third-order valence-corrected chi connectivity index (χ3v) is 6.39. The molecule has 0 heterocycles. The summed E-state index contributed by atoms with van der Waals surface area (Å²) in [5.41, 5.74) is 1.71. The van der Waals surface area contributed by atoms with E-state index in [1.807, 2.05) is 6.92 Å². The smallest absolute Gasteiger partial charge is 0.252 e. The van der Waals surface area contributed by atoms with Crippen LogP contribution in [0.25, 0.3) is 0 Å². The number of benzene rings is 2. The number of hydrogen-bond donors (Lipinski definition) is 3. The number of hydrogen-bond acceptors (Lipinski definition) is 5. The van der Waals surface area contributed by atoms with E-state index in [9.17, 15) is 13.2 Å². The summed E-state index contributed by atoms with van der Waals surface area (Å²) in [5, 5.41) is 8.96. The van der Waals surface area contributed by atoms with Gasteiger partial charge >= 0.3 is 0 Å². The second kappa shape index (κ2) is 10.7. The third kappa shape index (κ3) is 6.98. The van der Waals surface area contributed by atoms with Crippen molar-refractivity contribution in [3.63, 3.8) is 0 Å². The molecule has 0 aliphatic rings. The number of carbonyl (C=O) groups is 1. The molecular weight excluding hydrogens is 517 g/mol. The van der Waals surface area contributed by atoms with Crippen LogP contribution in [0.3, 0.4) is 0 Å². The van der Waals surface area contributed by atoms with Crippen molar-refractivity contribution >= 4 is 73.6 Å². The Labute approximate surface area is 207 Å². The van der Waals surface area contributed by atoms with Crippen molar-refractivity contribution < 1.29 is 17.9 Å². The van der Waals surface area contributed by atoms with Gasteiger partial charge in [0.25, 0.3) is 5.91 Å². The van der Waals surface area contributed by atoms with Gasteiger partial charge in [0, 0.05) is 17.0 Å². The molecule has 1 amide bonds. The molecule has 0 saturated heterocycles. The van der Waals surface area contributed by atoms with Gasteiger partial charge in [-0.2, -0.15) is 0 Å². The zero-order valence-electron chi connectivity index (χ0n) is 17.0. The maximum absolute atomic E-state index is 12.5. The van der Waals surface area contributed by atoms with Crippen LogP contribution in [-0.2, 0) is 9.84 Å². The highest BCUT2D eigenvalue weighted by atomic mass is 35.6. The zero-order valence-corrected chi connectivity index (χ0v) is 20.9. The Kier molecular flexibility index (Phi) is 8.78. The van der Waals surface area contributed by atoms with E-state index < -0.39 is 25.7 Å². The number of ether oxygens (including phenoxy) is 1. The van der Waals surface area contributed by atoms with E-state index in [0.29, 0.717) is 11.3 Å². The number of methoxy groups -OCH3 is 1. The quantitative estimate of drug-likeness (QED) is 0.275. The standard InChI is InChI=1S/C20H20Cl3N3O4S2/c1-4-32(28,29)14-9-10-15(16(11-14)30-3)24-19(31)26-18(20(21,22)23)25-17(27)13-7-5-12(2)6-8-13/h4-11,18H,1H2,2-3H3,(H,25,27)(H2,24,26,31). The predicted molar refractivity (Wildman–Crippen MR) is 132 cm³/mol. The summed E-state index contributed by atoms with van der Waals surface area (Å²) in [7, 11) is -2.28. The lowest BCUT2D eigenvalue weighted by molar-refractivity contribution is 0.0934. The van der Waals surface area contributed by atoms with E-state index in [0.717, 1.165) is 11.0 Å². The summed E-state index contributed by atoms with van der Waals surface area (Å²) >= 11 is 23.3. The first-order valence-corrected chi connectivity index (χ1v) is 12.0. The fourth-order valence-corrected chi connectivity index (χ4v) is 3.73. The number of alkyl halides is 3. The van der Waals surface area contributed by atoms with Crippen molar-refractivity contribution in [2.45, 2.75) is 21.8 Å². The van der Waals surface area contributed by atoms with Crippen LogP contribution in [0.5, 0.6) is 5.75 Å². The summed E-state index contributed by atoms with van der Waals surface area (Å²) in [4.78, 5) is 12.5. The van der Waals surface area contributed by atoms with Crippen molar-refractivity contribution in [3.05, 3.63) is 65.6 Å². The number of carbonyl (C=O) groups excluding carboxylic acids is 1. The second-order valence-corrected chi connectivity index (χ2v) is 11.2. The topological polar surface area (TPSA) is 96.5 Å². The summed E-state index contributed by atoms with van der Waals surface area (Å²) in [6, 6.07) is 11.0. The molecule has 0 aliphatic carbocycles. The Bertz CT molecular complexity index is 1120. The normalized spacial score (nSPS) is 12.4. The van der Waals surface area contributed by atoms with Gasteiger partial charge in [-0.15, -0.1) is 0 Å². The minimum atomic E-state index is -3.65. The number of halogens is 3. The molecule has 0 aliphatic heterocycles. The second-order valence-electron chi connectivity index (χ2n) is 6.49. The maximum atomic E-state index is 12.5. The fraction of sp³-hybridized carbons (Fsp3) is 0.200. The van der Waals surface area contributed by atoms with E-state index >= 15 is 0 Å². The number of anilines is 1. The fourth-order valence-electron chi connectivity index (χ4n) is 2.46. The Hall–Kier alpha value is -2.04. The molecule has 0 aromatic heterocycles. The third-order valence-electron chi connectivity index (χ3n) is 4.16. The van der Waals surface area contributed by atoms with Crippen molar-refractivity contribution in [2.75, 3.05) is 12.4 Å². The zero-order chi connectivity index (χ0) is 24.1.